The summed E-state index contributed by atoms with van der Waals surface area (Å²) in [5.74, 6) is -2.88. The molecule has 0 bridgehead atoms. The van der Waals surface area contributed by atoms with Gasteiger partial charge in [-0.1, -0.05) is 0 Å². The molecule has 0 saturated carbocycles. The third kappa shape index (κ3) is 5.96. The van der Waals surface area contributed by atoms with Crippen LogP contribution in [0.3, 0.4) is 0 Å². The Labute approximate surface area is 169 Å². The van der Waals surface area contributed by atoms with Crippen LogP contribution in [0.15, 0.2) is 24.3 Å². The third-order valence-electron chi connectivity index (χ3n) is 5.76. The summed E-state index contributed by atoms with van der Waals surface area (Å²) in [5.41, 5.74) is 0.200. The van der Waals surface area contributed by atoms with Crippen LogP contribution in [0.25, 0.3) is 0 Å². The Bertz CT molecular complexity index is 731. The highest BCUT2D eigenvalue weighted by molar-refractivity contribution is 5.95. The molecule has 1 aromatic carbocycles. The van der Waals surface area contributed by atoms with E-state index >= 15 is 0 Å². The minimum absolute atomic E-state index is 0.110. The smallest absolute Gasteiger partial charge is 0.253 e. The van der Waals surface area contributed by atoms with Gasteiger partial charge in [-0.25, -0.2) is 8.78 Å². The summed E-state index contributed by atoms with van der Waals surface area (Å²) in [6.45, 7) is 3.35. The van der Waals surface area contributed by atoms with E-state index in [1.165, 1.54) is 6.92 Å². The average Bonchev–Trinajstić information content (AvgIpc) is 2.85. The molecule has 2 aliphatic rings. The summed E-state index contributed by atoms with van der Waals surface area (Å²) in [7, 11) is 0. The first-order valence-corrected chi connectivity index (χ1v) is 10.2. The Kier molecular flexibility index (Phi) is 6.53. The summed E-state index contributed by atoms with van der Waals surface area (Å²) in [5, 5.41) is 13.7. The molecular weight excluding hydrogens is 380 g/mol. The number of likely N-dealkylation sites (tertiary alicyclic amines) is 2. The molecule has 2 aliphatic heterocycles. The van der Waals surface area contributed by atoms with Crippen LogP contribution in [-0.4, -0.2) is 71.0 Å². The van der Waals surface area contributed by atoms with Crippen LogP contribution < -0.4 is 5.32 Å². The van der Waals surface area contributed by atoms with Crippen LogP contribution in [0.1, 0.15) is 49.4 Å². The fourth-order valence-electron chi connectivity index (χ4n) is 4.08. The maximum absolute atomic E-state index is 13.4. The average molecular weight is 409 g/mol. The monoisotopic (exact) mass is 409 g/mol. The highest BCUT2D eigenvalue weighted by Crippen LogP contribution is 2.30. The van der Waals surface area contributed by atoms with Crippen LogP contribution in [-0.2, 0) is 4.79 Å². The zero-order chi connectivity index (χ0) is 21.1. The lowest BCUT2D eigenvalue weighted by atomic mass is 9.93. The minimum atomic E-state index is -2.60. The van der Waals surface area contributed by atoms with Crippen LogP contribution in [0, 0.1) is 0 Å². The molecule has 1 aromatic rings. The number of carbonyl (C=O) groups is 2. The SMILES string of the molecule is CC(=O)Nc1ccc(C(=O)N2CCC[C@](O)(CN3CCC(F)(F)CC3)CC2)cc1. The van der Waals surface area contributed by atoms with E-state index in [0.717, 1.165) is 0 Å². The van der Waals surface area contributed by atoms with Crippen molar-refractivity contribution in [1.29, 1.82) is 0 Å². The number of piperidine rings is 1. The lowest BCUT2D eigenvalue weighted by Crippen LogP contribution is -2.48. The number of alkyl halides is 2. The van der Waals surface area contributed by atoms with E-state index in [-0.39, 0.29) is 24.7 Å². The second-order valence-electron chi connectivity index (χ2n) is 8.26. The normalized spacial score (nSPS) is 25.3. The van der Waals surface area contributed by atoms with E-state index in [4.69, 9.17) is 0 Å². The van der Waals surface area contributed by atoms with Crippen molar-refractivity contribution >= 4 is 17.5 Å². The van der Waals surface area contributed by atoms with E-state index in [9.17, 15) is 23.5 Å². The van der Waals surface area contributed by atoms with Gasteiger partial charge in [-0.3, -0.25) is 9.59 Å². The van der Waals surface area contributed by atoms with Crippen molar-refractivity contribution in [3.8, 4) is 0 Å². The zero-order valence-electron chi connectivity index (χ0n) is 16.8. The van der Waals surface area contributed by atoms with E-state index in [1.54, 1.807) is 29.2 Å². The predicted octanol–water partition coefficient (Wildman–Crippen LogP) is 2.73. The van der Waals surface area contributed by atoms with E-state index in [0.29, 0.717) is 63.2 Å². The van der Waals surface area contributed by atoms with Crippen molar-refractivity contribution in [2.24, 2.45) is 0 Å². The third-order valence-corrected chi connectivity index (χ3v) is 5.76. The highest BCUT2D eigenvalue weighted by Gasteiger charge is 2.38. The predicted molar refractivity (Wildman–Crippen MR) is 106 cm³/mol. The standard InChI is InChI=1S/C21H29F2N3O3/c1-16(27)24-18-5-3-17(4-6-18)19(28)26-11-2-7-20(29,8-14-26)15-25-12-9-21(22,23)10-13-25/h3-6,29H,2,7-15H2,1H3,(H,24,27)/t20-/m1/s1. The lowest BCUT2D eigenvalue weighted by molar-refractivity contribution is -0.114. The van der Waals surface area contributed by atoms with E-state index in [2.05, 4.69) is 5.32 Å². The number of halogens is 2. The Balaban J connectivity index is 1.56. The molecule has 8 heteroatoms. The molecule has 0 radical (unpaired) electrons. The van der Waals surface area contributed by atoms with Gasteiger partial charge in [0, 0.05) is 63.7 Å². The lowest BCUT2D eigenvalue weighted by Gasteiger charge is -2.37. The summed E-state index contributed by atoms with van der Waals surface area (Å²) in [6, 6.07) is 6.74. The fraction of sp³-hybridized carbons (Fsp3) is 0.619. The number of rotatable bonds is 4. The molecule has 0 aliphatic carbocycles. The van der Waals surface area contributed by atoms with Gasteiger partial charge in [0.15, 0.2) is 0 Å². The molecule has 0 unspecified atom stereocenters. The molecule has 0 spiro atoms. The maximum atomic E-state index is 13.4. The number of hydrogen-bond acceptors (Lipinski definition) is 4. The van der Waals surface area contributed by atoms with Crippen LogP contribution >= 0.6 is 0 Å². The van der Waals surface area contributed by atoms with E-state index < -0.39 is 11.5 Å². The van der Waals surface area contributed by atoms with Gasteiger partial charge in [0.05, 0.1) is 5.60 Å². The van der Waals surface area contributed by atoms with Crippen LogP contribution in [0.5, 0.6) is 0 Å². The van der Waals surface area contributed by atoms with Gasteiger partial charge in [0.25, 0.3) is 11.8 Å². The van der Waals surface area contributed by atoms with Crippen LogP contribution in [0.4, 0.5) is 14.5 Å². The number of carbonyl (C=O) groups excluding carboxylic acids is 2. The zero-order valence-corrected chi connectivity index (χ0v) is 16.8. The molecule has 2 fully saturated rings. The second-order valence-corrected chi connectivity index (χ2v) is 8.26. The van der Waals surface area contributed by atoms with Crippen molar-refractivity contribution in [3.05, 3.63) is 29.8 Å². The van der Waals surface area contributed by atoms with Gasteiger partial charge in [0.2, 0.25) is 5.91 Å². The number of anilines is 1. The van der Waals surface area contributed by atoms with Gasteiger partial charge >= 0.3 is 0 Å². The Morgan fingerprint density at radius 3 is 2.31 bits per heavy atom. The molecule has 3 rings (SSSR count). The Hall–Kier alpha value is -2.06. The number of benzene rings is 1. The first-order valence-electron chi connectivity index (χ1n) is 10.2. The summed E-state index contributed by atoms with van der Waals surface area (Å²) in [4.78, 5) is 27.6. The van der Waals surface area contributed by atoms with Gasteiger partial charge in [-0.05, 0) is 43.5 Å². The first kappa shape index (κ1) is 21.6. The largest absolute Gasteiger partial charge is 0.388 e. The molecular formula is C21H29F2N3O3. The number of nitrogens with zero attached hydrogens (tertiary/aromatic N) is 2. The van der Waals surface area contributed by atoms with Crippen molar-refractivity contribution in [3.63, 3.8) is 0 Å². The molecule has 29 heavy (non-hydrogen) atoms. The van der Waals surface area contributed by atoms with Gasteiger partial charge in [0.1, 0.15) is 0 Å². The molecule has 2 N–H and O–H groups in total. The molecule has 1 atom stereocenters. The number of hydrogen-bond donors (Lipinski definition) is 2. The van der Waals surface area contributed by atoms with Crippen molar-refractivity contribution < 1.29 is 23.5 Å². The Morgan fingerprint density at radius 1 is 1.03 bits per heavy atom. The maximum Gasteiger partial charge on any atom is 0.253 e. The molecule has 2 saturated heterocycles. The summed E-state index contributed by atoms with van der Waals surface area (Å²) >= 11 is 0. The second kappa shape index (κ2) is 8.75. The summed E-state index contributed by atoms with van der Waals surface area (Å²) < 4.78 is 26.7. The van der Waals surface area contributed by atoms with Gasteiger partial charge in [-0.2, -0.15) is 0 Å². The molecule has 0 aromatic heterocycles. The van der Waals surface area contributed by atoms with Gasteiger partial charge in [-0.15, -0.1) is 0 Å². The van der Waals surface area contributed by atoms with E-state index in [1.807, 2.05) is 4.90 Å². The minimum Gasteiger partial charge on any atom is -0.388 e. The molecule has 2 heterocycles. The van der Waals surface area contributed by atoms with Crippen LogP contribution in [0.2, 0.25) is 0 Å². The highest BCUT2D eigenvalue weighted by atomic mass is 19.3. The first-order chi connectivity index (χ1) is 13.7. The van der Waals surface area contributed by atoms with Gasteiger partial charge < -0.3 is 20.2 Å². The fourth-order valence-corrected chi connectivity index (χ4v) is 4.08. The number of β-amino-alcohol motifs (C(OH)–C–C–N with tert-alkyl or cyclic N) is 1. The molecule has 6 nitrogen and oxygen atoms in total. The topological polar surface area (TPSA) is 72.9 Å². The number of nitrogens with one attached hydrogen (secondary N) is 1. The summed E-state index contributed by atoms with van der Waals surface area (Å²) in [6.07, 6.45) is 1.31. The van der Waals surface area contributed by atoms with Crippen molar-refractivity contribution in [1.82, 2.24) is 9.80 Å². The molecule has 2 amide bonds. The number of aliphatic hydroxyl groups is 1. The molecule has 160 valence electrons. The van der Waals surface area contributed by atoms with Crippen molar-refractivity contribution in [2.75, 3.05) is 38.0 Å². The Morgan fingerprint density at radius 2 is 1.69 bits per heavy atom. The van der Waals surface area contributed by atoms with Crippen molar-refractivity contribution in [2.45, 2.75) is 50.6 Å². The quantitative estimate of drug-likeness (QED) is 0.802. The number of amides is 2.